The predicted molar refractivity (Wildman–Crippen MR) is 86.4 cm³/mol. The summed E-state index contributed by atoms with van der Waals surface area (Å²) >= 11 is 5.99. The number of morpholine rings is 1. The van der Waals surface area contributed by atoms with E-state index in [1.54, 1.807) is 19.2 Å². The number of benzene rings is 1. The molecule has 1 aromatic rings. The third-order valence-electron chi connectivity index (χ3n) is 3.69. The van der Waals surface area contributed by atoms with Gasteiger partial charge in [-0.25, -0.2) is 0 Å². The largest absolute Gasteiger partial charge is 0.390 e. The summed E-state index contributed by atoms with van der Waals surface area (Å²) in [5.74, 6) is -0.133. The number of ether oxygens (including phenoxy) is 1. The number of carbonyl (C=O) groups is 1. The van der Waals surface area contributed by atoms with Crippen molar-refractivity contribution in [1.82, 2.24) is 9.80 Å². The van der Waals surface area contributed by atoms with Crippen LogP contribution in [0.3, 0.4) is 0 Å². The first-order chi connectivity index (χ1) is 10.5. The molecule has 0 saturated carbocycles. The van der Waals surface area contributed by atoms with Gasteiger partial charge in [-0.2, -0.15) is 0 Å². The minimum absolute atomic E-state index is 0.133. The summed E-state index contributed by atoms with van der Waals surface area (Å²) in [7, 11) is 1.70. The zero-order valence-corrected chi connectivity index (χ0v) is 13.8. The van der Waals surface area contributed by atoms with E-state index in [1.165, 1.54) is 4.90 Å². The summed E-state index contributed by atoms with van der Waals surface area (Å²) in [6.45, 7) is 5.78. The van der Waals surface area contributed by atoms with Crippen LogP contribution in [0.25, 0.3) is 0 Å². The Bertz CT molecular complexity index is 498. The molecule has 22 heavy (non-hydrogen) atoms. The van der Waals surface area contributed by atoms with Gasteiger partial charge in [0.2, 0.25) is 0 Å². The molecular formula is C16H23ClN2O3. The van der Waals surface area contributed by atoms with Gasteiger partial charge in [0, 0.05) is 43.8 Å². The molecule has 6 heteroatoms. The van der Waals surface area contributed by atoms with Crippen LogP contribution >= 0.6 is 11.6 Å². The summed E-state index contributed by atoms with van der Waals surface area (Å²) < 4.78 is 5.28. The molecule has 1 atom stereocenters. The zero-order valence-electron chi connectivity index (χ0n) is 13.1. The SMILES string of the molecule is Cc1cc(Cl)cc(C(=O)N(C)CC(O)CN2CCOCC2)c1. The summed E-state index contributed by atoms with van der Waals surface area (Å²) in [6.07, 6.45) is -0.577. The molecule has 0 aromatic heterocycles. The highest BCUT2D eigenvalue weighted by Crippen LogP contribution is 2.16. The molecule has 1 saturated heterocycles. The van der Waals surface area contributed by atoms with Crippen molar-refractivity contribution in [2.45, 2.75) is 13.0 Å². The van der Waals surface area contributed by atoms with Crippen LogP contribution in [0.1, 0.15) is 15.9 Å². The van der Waals surface area contributed by atoms with Gasteiger partial charge in [-0.05, 0) is 30.7 Å². The zero-order chi connectivity index (χ0) is 16.1. The quantitative estimate of drug-likeness (QED) is 0.889. The Morgan fingerprint density at radius 3 is 2.73 bits per heavy atom. The third-order valence-corrected chi connectivity index (χ3v) is 3.91. The number of hydrogen-bond donors (Lipinski definition) is 1. The van der Waals surface area contributed by atoms with E-state index in [2.05, 4.69) is 4.90 Å². The maximum absolute atomic E-state index is 12.4. The molecular weight excluding hydrogens is 304 g/mol. The van der Waals surface area contributed by atoms with Gasteiger partial charge in [-0.15, -0.1) is 0 Å². The predicted octanol–water partition coefficient (Wildman–Crippen LogP) is 1.41. The second-order valence-corrected chi connectivity index (χ2v) is 6.21. The van der Waals surface area contributed by atoms with Gasteiger partial charge in [0.1, 0.15) is 0 Å². The molecule has 1 aliphatic heterocycles. The number of carbonyl (C=O) groups excluding carboxylic acids is 1. The second-order valence-electron chi connectivity index (χ2n) is 5.77. The van der Waals surface area contributed by atoms with E-state index in [4.69, 9.17) is 16.3 Å². The number of β-amino-alcohol motifs (C(OH)–C–C–N with tert-alkyl or cyclic N) is 1. The molecule has 0 bridgehead atoms. The lowest BCUT2D eigenvalue weighted by atomic mass is 10.1. The molecule has 0 spiro atoms. The minimum Gasteiger partial charge on any atom is -0.390 e. The maximum Gasteiger partial charge on any atom is 0.253 e. The van der Waals surface area contributed by atoms with Crippen molar-refractivity contribution >= 4 is 17.5 Å². The highest BCUT2D eigenvalue weighted by molar-refractivity contribution is 6.31. The Kier molecular flexibility index (Phi) is 6.20. The van der Waals surface area contributed by atoms with Crippen molar-refractivity contribution in [3.8, 4) is 0 Å². The highest BCUT2D eigenvalue weighted by atomic mass is 35.5. The Morgan fingerprint density at radius 2 is 2.09 bits per heavy atom. The van der Waals surface area contributed by atoms with Gasteiger partial charge in [0.05, 0.1) is 19.3 Å². The Labute approximate surface area is 136 Å². The summed E-state index contributed by atoms with van der Waals surface area (Å²) in [5, 5.41) is 10.7. The van der Waals surface area contributed by atoms with Crippen molar-refractivity contribution in [2.75, 3.05) is 46.4 Å². The lowest BCUT2D eigenvalue weighted by Gasteiger charge is -2.30. The smallest absolute Gasteiger partial charge is 0.253 e. The Hall–Kier alpha value is -1.14. The highest BCUT2D eigenvalue weighted by Gasteiger charge is 2.19. The van der Waals surface area contributed by atoms with Crippen LogP contribution in [0.15, 0.2) is 18.2 Å². The average molecular weight is 327 g/mol. The average Bonchev–Trinajstić information content (AvgIpc) is 2.46. The second kappa shape index (κ2) is 7.92. The fraction of sp³-hybridized carbons (Fsp3) is 0.562. The van der Waals surface area contributed by atoms with E-state index in [0.717, 1.165) is 18.7 Å². The molecule has 1 aliphatic rings. The third kappa shape index (κ3) is 4.95. The summed E-state index contributed by atoms with van der Waals surface area (Å²) in [5.41, 5.74) is 1.49. The molecule has 1 heterocycles. The molecule has 1 amide bonds. The number of likely N-dealkylation sites (N-methyl/N-ethyl adjacent to an activating group) is 1. The summed E-state index contributed by atoms with van der Waals surface area (Å²) in [6, 6.07) is 5.27. The molecule has 5 nitrogen and oxygen atoms in total. The van der Waals surface area contributed by atoms with Crippen LogP contribution in [0.2, 0.25) is 5.02 Å². The van der Waals surface area contributed by atoms with E-state index in [-0.39, 0.29) is 5.91 Å². The van der Waals surface area contributed by atoms with Gasteiger partial charge < -0.3 is 14.7 Å². The van der Waals surface area contributed by atoms with Gasteiger partial charge in [0.15, 0.2) is 0 Å². The number of aryl methyl sites for hydroxylation is 1. The van der Waals surface area contributed by atoms with E-state index in [1.807, 2.05) is 13.0 Å². The van der Waals surface area contributed by atoms with E-state index < -0.39 is 6.10 Å². The molecule has 1 N–H and O–H groups in total. The van der Waals surface area contributed by atoms with Crippen molar-refractivity contribution in [2.24, 2.45) is 0 Å². The first-order valence-corrected chi connectivity index (χ1v) is 7.84. The van der Waals surface area contributed by atoms with Crippen molar-refractivity contribution in [3.05, 3.63) is 34.3 Å². The van der Waals surface area contributed by atoms with Crippen LogP contribution in [-0.4, -0.2) is 73.4 Å². The lowest BCUT2D eigenvalue weighted by molar-refractivity contribution is 0.00879. The number of aliphatic hydroxyl groups is 1. The lowest BCUT2D eigenvalue weighted by Crippen LogP contribution is -2.45. The normalized spacial score (nSPS) is 17.3. The summed E-state index contributed by atoms with van der Waals surface area (Å²) in [4.78, 5) is 16.1. The first kappa shape index (κ1) is 17.2. The van der Waals surface area contributed by atoms with Crippen LogP contribution < -0.4 is 0 Å². The maximum atomic E-state index is 12.4. The van der Waals surface area contributed by atoms with Gasteiger partial charge in [-0.1, -0.05) is 11.6 Å². The van der Waals surface area contributed by atoms with Gasteiger partial charge in [0.25, 0.3) is 5.91 Å². The molecule has 122 valence electrons. The standard InChI is InChI=1S/C16H23ClN2O3/c1-12-7-13(9-14(17)8-12)16(21)18(2)10-15(20)11-19-3-5-22-6-4-19/h7-9,15,20H,3-6,10-11H2,1-2H3. The van der Waals surface area contributed by atoms with Crippen molar-refractivity contribution in [1.29, 1.82) is 0 Å². The van der Waals surface area contributed by atoms with Crippen LogP contribution in [-0.2, 0) is 4.74 Å². The van der Waals surface area contributed by atoms with Crippen molar-refractivity contribution in [3.63, 3.8) is 0 Å². The number of hydrogen-bond acceptors (Lipinski definition) is 4. The Balaban J connectivity index is 1.89. The van der Waals surface area contributed by atoms with Gasteiger partial charge >= 0.3 is 0 Å². The number of halogens is 1. The minimum atomic E-state index is -0.577. The van der Waals surface area contributed by atoms with Crippen LogP contribution in [0.5, 0.6) is 0 Å². The molecule has 1 fully saturated rings. The fourth-order valence-electron chi connectivity index (χ4n) is 2.62. The number of rotatable bonds is 5. The number of amides is 1. The van der Waals surface area contributed by atoms with Gasteiger partial charge in [-0.3, -0.25) is 9.69 Å². The van der Waals surface area contributed by atoms with Crippen LogP contribution in [0, 0.1) is 6.92 Å². The monoisotopic (exact) mass is 326 g/mol. The number of aliphatic hydroxyl groups excluding tert-OH is 1. The van der Waals surface area contributed by atoms with E-state index in [9.17, 15) is 9.90 Å². The molecule has 2 rings (SSSR count). The molecule has 1 unspecified atom stereocenters. The Morgan fingerprint density at radius 1 is 1.41 bits per heavy atom. The van der Waals surface area contributed by atoms with E-state index >= 15 is 0 Å². The van der Waals surface area contributed by atoms with Crippen LogP contribution in [0.4, 0.5) is 0 Å². The number of nitrogens with zero attached hydrogens (tertiary/aromatic N) is 2. The topological polar surface area (TPSA) is 53.0 Å². The van der Waals surface area contributed by atoms with E-state index in [0.29, 0.717) is 36.9 Å². The molecule has 0 aliphatic carbocycles. The molecule has 1 aromatic carbocycles. The van der Waals surface area contributed by atoms with Crippen molar-refractivity contribution < 1.29 is 14.6 Å². The fourth-order valence-corrected chi connectivity index (χ4v) is 2.91. The molecule has 0 radical (unpaired) electrons. The first-order valence-electron chi connectivity index (χ1n) is 7.46.